The molecule has 0 spiro atoms. The predicted octanol–water partition coefficient (Wildman–Crippen LogP) is 2.95. The van der Waals surface area contributed by atoms with Crippen LogP contribution in [-0.4, -0.2) is 51.2 Å². The van der Waals surface area contributed by atoms with Gasteiger partial charge in [-0.05, 0) is 50.7 Å². The third-order valence-electron chi connectivity index (χ3n) is 3.98. The van der Waals surface area contributed by atoms with Crippen LogP contribution >= 0.6 is 0 Å². The largest absolute Gasteiger partial charge is 0.493 e. The highest BCUT2D eigenvalue weighted by Crippen LogP contribution is 2.27. The standard InChI is InChI=1S/C18H30N2O3/c1-5-20(6-2)13-9-7-8-12-19-18(21)15-10-11-16(22-3)17(14-15)23-4/h10-11,14H,5-9,12-13H2,1-4H3,(H,19,21). The van der Waals surface area contributed by atoms with Gasteiger partial charge in [0.05, 0.1) is 14.2 Å². The second kappa shape index (κ2) is 10.9. The second-order valence-corrected chi connectivity index (χ2v) is 5.41. The van der Waals surface area contributed by atoms with Crippen molar-refractivity contribution >= 4 is 5.91 Å². The van der Waals surface area contributed by atoms with Crippen LogP contribution in [0.3, 0.4) is 0 Å². The molecule has 0 unspecified atom stereocenters. The molecule has 1 amide bonds. The molecule has 0 fully saturated rings. The maximum atomic E-state index is 12.1. The molecule has 5 heteroatoms. The number of unbranched alkanes of at least 4 members (excludes halogenated alkanes) is 2. The molecule has 0 aliphatic carbocycles. The van der Waals surface area contributed by atoms with E-state index in [0.717, 1.165) is 32.5 Å². The van der Waals surface area contributed by atoms with E-state index in [9.17, 15) is 4.79 Å². The summed E-state index contributed by atoms with van der Waals surface area (Å²) in [7, 11) is 3.14. The fourth-order valence-corrected chi connectivity index (χ4v) is 2.46. The number of ether oxygens (including phenoxy) is 2. The van der Waals surface area contributed by atoms with Gasteiger partial charge in [0, 0.05) is 12.1 Å². The molecule has 0 bridgehead atoms. The Balaban J connectivity index is 2.31. The zero-order chi connectivity index (χ0) is 17.1. The van der Waals surface area contributed by atoms with Gasteiger partial charge >= 0.3 is 0 Å². The molecule has 0 heterocycles. The SMILES string of the molecule is CCN(CC)CCCCCNC(=O)c1ccc(OC)c(OC)c1. The minimum Gasteiger partial charge on any atom is -0.493 e. The third kappa shape index (κ3) is 6.48. The van der Waals surface area contributed by atoms with E-state index in [2.05, 4.69) is 24.1 Å². The van der Waals surface area contributed by atoms with Crippen molar-refractivity contribution in [2.45, 2.75) is 33.1 Å². The van der Waals surface area contributed by atoms with Crippen molar-refractivity contribution in [2.24, 2.45) is 0 Å². The molecule has 0 atom stereocenters. The minimum absolute atomic E-state index is 0.0744. The van der Waals surface area contributed by atoms with Crippen LogP contribution in [0.25, 0.3) is 0 Å². The number of hydrogen-bond donors (Lipinski definition) is 1. The molecule has 1 N–H and O–H groups in total. The van der Waals surface area contributed by atoms with Crippen LogP contribution in [-0.2, 0) is 0 Å². The smallest absolute Gasteiger partial charge is 0.251 e. The molecule has 130 valence electrons. The lowest BCUT2D eigenvalue weighted by molar-refractivity contribution is 0.0952. The maximum absolute atomic E-state index is 12.1. The molecule has 5 nitrogen and oxygen atoms in total. The lowest BCUT2D eigenvalue weighted by atomic mass is 10.1. The Bertz CT molecular complexity index is 473. The number of hydrogen-bond acceptors (Lipinski definition) is 4. The number of rotatable bonds is 11. The Morgan fingerprint density at radius 3 is 2.35 bits per heavy atom. The minimum atomic E-state index is -0.0744. The Kier molecular flexibility index (Phi) is 9.14. The summed E-state index contributed by atoms with van der Waals surface area (Å²) in [4.78, 5) is 14.5. The number of methoxy groups -OCH3 is 2. The highest BCUT2D eigenvalue weighted by molar-refractivity contribution is 5.94. The third-order valence-corrected chi connectivity index (χ3v) is 3.98. The molecule has 0 saturated carbocycles. The van der Waals surface area contributed by atoms with Crippen molar-refractivity contribution in [3.63, 3.8) is 0 Å². The first-order chi connectivity index (χ1) is 11.2. The summed E-state index contributed by atoms with van der Waals surface area (Å²) in [5.41, 5.74) is 0.589. The van der Waals surface area contributed by atoms with Gasteiger partial charge in [0.15, 0.2) is 11.5 Å². The average Bonchev–Trinajstić information content (AvgIpc) is 2.60. The molecule has 1 rings (SSSR count). The Hall–Kier alpha value is -1.75. The van der Waals surface area contributed by atoms with Crippen molar-refractivity contribution in [1.29, 1.82) is 0 Å². The fraction of sp³-hybridized carbons (Fsp3) is 0.611. The normalized spacial score (nSPS) is 10.7. The van der Waals surface area contributed by atoms with Crippen LogP contribution in [0.4, 0.5) is 0 Å². The lowest BCUT2D eigenvalue weighted by Gasteiger charge is -2.17. The van der Waals surface area contributed by atoms with Gasteiger partial charge in [0.2, 0.25) is 0 Å². The first-order valence-corrected chi connectivity index (χ1v) is 8.38. The number of nitrogens with zero attached hydrogens (tertiary/aromatic N) is 1. The summed E-state index contributed by atoms with van der Waals surface area (Å²) < 4.78 is 10.4. The molecule has 0 saturated heterocycles. The Morgan fingerprint density at radius 1 is 1.04 bits per heavy atom. The van der Waals surface area contributed by atoms with E-state index in [1.807, 2.05) is 0 Å². The van der Waals surface area contributed by atoms with Crippen LogP contribution in [0.2, 0.25) is 0 Å². The summed E-state index contributed by atoms with van der Waals surface area (Å²) >= 11 is 0. The van der Waals surface area contributed by atoms with Crippen molar-refractivity contribution in [2.75, 3.05) is 40.4 Å². The van der Waals surface area contributed by atoms with Crippen molar-refractivity contribution in [3.8, 4) is 11.5 Å². The zero-order valence-electron chi connectivity index (χ0n) is 14.9. The van der Waals surface area contributed by atoms with E-state index >= 15 is 0 Å². The van der Waals surface area contributed by atoms with E-state index in [0.29, 0.717) is 23.6 Å². The average molecular weight is 322 g/mol. The molecular weight excluding hydrogens is 292 g/mol. The first kappa shape index (κ1) is 19.3. The van der Waals surface area contributed by atoms with Gasteiger partial charge in [-0.3, -0.25) is 4.79 Å². The van der Waals surface area contributed by atoms with E-state index in [1.165, 1.54) is 6.42 Å². The van der Waals surface area contributed by atoms with Gasteiger partial charge in [-0.25, -0.2) is 0 Å². The van der Waals surface area contributed by atoms with Crippen molar-refractivity contribution < 1.29 is 14.3 Å². The summed E-state index contributed by atoms with van der Waals surface area (Å²) in [6.07, 6.45) is 3.30. The zero-order valence-corrected chi connectivity index (χ0v) is 14.9. The van der Waals surface area contributed by atoms with Gasteiger partial charge in [-0.1, -0.05) is 20.3 Å². The second-order valence-electron chi connectivity index (χ2n) is 5.41. The van der Waals surface area contributed by atoms with Gasteiger partial charge < -0.3 is 19.7 Å². The quantitative estimate of drug-likeness (QED) is 0.636. The van der Waals surface area contributed by atoms with Crippen LogP contribution in [0, 0.1) is 0 Å². The summed E-state index contributed by atoms with van der Waals surface area (Å²) in [6, 6.07) is 5.20. The van der Waals surface area contributed by atoms with E-state index in [-0.39, 0.29) is 5.91 Å². The lowest BCUT2D eigenvalue weighted by Crippen LogP contribution is -2.25. The number of benzene rings is 1. The molecule has 0 aliphatic heterocycles. The van der Waals surface area contributed by atoms with Crippen LogP contribution in [0.15, 0.2) is 18.2 Å². The van der Waals surface area contributed by atoms with Gasteiger partial charge in [0.25, 0.3) is 5.91 Å². The van der Waals surface area contributed by atoms with Gasteiger partial charge in [-0.15, -0.1) is 0 Å². The van der Waals surface area contributed by atoms with Crippen molar-refractivity contribution in [3.05, 3.63) is 23.8 Å². The Labute approximate surface area is 140 Å². The fourth-order valence-electron chi connectivity index (χ4n) is 2.46. The molecule has 23 heavy (non-hydrogen) atoms. The number of amides is 1. The monoisotopic (exact) mass is 322 g/mol. The summed E-state index contributed by atoms with van der Waals surface area (Å²) in [6.45, 7) is 8.42. The van der Waals surface area contributed by atoms with Crippen LogP contribution in [0.5, 0.6) is 11.5 Å². The molecule has 0 radical (unpaired) electrons. The first-order valence-electron chi connectivity index (χ1n) is 8.38. The number of carbonyl (C=O) groups excluding carboxylic acids is 1. The molecule has 0 aliphatic rings. The van der Waals surface area contributed by atoms with Gasteiger partial charge in [-0.2, -0.15) is 0 Å². The molecule has 1 aromatic carbocycles. The van der Waals surface area contributed by atoms with Gasteiger partial charge in [0.1, 0.15) is 0 Å². The van der Waals surface area contributed by atoms with E-state index in [1.54, 1.807) is 32.4 Å². The van der Waals surface area contributed by atoms with E-state index in [4.69, 9.17) is 9.47 Å². The van der Waals surface area contributed by atoms with Crippen molar-refractivity contribution in [1.82, 2.24) is 10.2 Å². The van der Waals surface area contributed by atoms with E-state index < -0.39 is 0 Å². The highest BCUT2D eigenvalue weighted by atomic mass is 16.5. The predicted molar refractivity (Wildman–Crippen MR) is 93.5 cm³/mol. The molecule has 1 aromatic rings. The van der Waals surface area contributed by atoms with Crippen LogP contribution in [0.1, 0.15) is 43.5 Å². The summed E-state index contributed by atoms with van der Waals surface area (Å²) in [5.74, 6) is 1.12. The van der Waals surface area contributed by atoms with Crippen LogP contribution < -0.4 is 14.8 Å². The Morgan fingerprint density at radius 2 is 1.74 bits per heavy atom. The molecule has 0 aromatic heterocycles. The number of carbonyl (C=O) groups is 1. The topological polar surface area (TPSA) is 50.8 Å². The number of nitrogens with one attached hydrogen (secondary N) is 1. The summed E-state index contributed by atoms with van der Waals surface area (Å²) in [5, 5.41) is 2.95. The maximum Gasteiger partial charge on any atom is 0.251 e. The highest BCUT2D eigenvalue weighted by Gasteiger charge is 2.10. The molecular formula is C18H30N2O3.